The van der Waals surface area contributed by atoms with E-state index in [0.717, 1.165) is 21.8 Å². The standard InChI is InChI=1S/C14H12N2O2.C12H8N2.O.V/c17-13-9-5-4-8-12(13)10-15-16-14(18)11-6-2-1-3-7-11;1-3-9-5-6-10-4-2-8-14-12(10)11(9)13-7-1;;/h1-10,17H,(H,16,18);1-8H;;/q;;-2;+4/p-2/b15-10+;;;. The first-order valence-corrected chi connectivity index (χ1v) is 9.90. The van der Waals surface area contributed by atoms with Crippen molar-refractivity contribution >= 4 is 33.9 Å². The number of para-hydroxylation sites is 1. The van der Waals surface area contributed by atoms with E-state index in [0.29, 0.717) is 11.1 Å². The average molecular weight is 485 g/mol. The first kappa shape index (κ1) is 26.2. The van der Waals surface area contributed by atoms with Crippen molar-refractivity contribution in [2.24, 2.45) is 10.2 Å². The number of aromatic nitrogens is 2. The number of rotatable bonds is 3. The Bertz CT molecular complexity index is 1350. The summed E-state index contributed by atoms with van der Waals surface area (Å²) in [5.74, 6) is -0.584. The summed E-state index contributed by atoms with van der Waals surface area (Å²) in [6, 6.07) is 27.2. The van der Waals surface area contributed by atoms with Gasteiger partial charge in [0, 0.05) is 29.1 Å². The van der Waals surface area contributed by atoms with Gasteiger partial charge in [-0.15, -0.1) is 0 Å². The van der Waals surface area contributed by atoms with Crippen LogP contribution in [-0.2, 0) is 24.0 Å². The Morgan fingerprint density at radius 3 is 1.85 bits per heavy atom. The molecule has 0 fully saturated rings. The van der Waals surface area contributed by atoms with Gasteiger partial charge in [0.05, 0.1) is 17.2 Å². The molecule has 7 nitrogen and oxygen atoms in total. The third kappa shape index (κ3) is 6.49. The van der Waals surface area contributed by atoms with Gasteiger partial charge in [-0.05, 0) is 23.3 Å². The summed E-state index contributed by atoms with van der Waals surface area (Å²) in [6.45, 7) is 0. The van der Waals surface area contributed by atoms with E-state index in [2.05, 4.69) is 44.4 Å². The molecule has 0 saturated carbocycles. The second kappa shape index (κ2) is 12.9. The summed E-state index contributed by atoms with van der Waals surface area (Å²) >= 11 is 0. The van der Waals surface area contributed by atoms with E-state index in [-0.39, 0.29) is 29.8 Å². The first-order chi connectivity index (χ1) is 15.7. The fraction of sp³-hybridized carbons (Fsp3) is 0. The number of benzene rings is 3. The van der Waals surface area contributed by atoms with E-state index in [1.165, 1.54) is 12.3 Å². The van der Waals surface area contributed by atoms with E-state index < -0.39 is 5.90 Å². The molecule has 0 bridgehead atoms. The van der Waals surface area contributed by atoms with Crippen LogP contribution in [0.2, 0.25) is 0 Å². The second-order valence-electron chi connectivity index (χ2n) is 6.77. The predicted molar refractivity (Wildman–Crippen MR) is 124 cm³/mol. The maximum Gasteiger partial charge on any atom is 4.00 e. The van der Waals surface area contributed by atoms with E-state index in [1.807, 2.05) is 18.2 Å². The minimum atomic E-state index is -0.435. The molecule has 2 heterocycles. The molecule has 8 heteroatoms. The van der Waals surface area contributed by atoms with Crippen molar-refractivity contribution in [3.05, 3.63) is 115 Å². The molecule has 0 aliphatic heterocycles. The van der Waals surface area contributed by atoms with Crippen molar-refractivity contribution in [1.29, 1.82) is 0 Å². The third-order valence-corrected chi connectivity index (χ3v) is 4.63. The molecule has 0 amide bonds. The van der Waals surface area contributed by atoms with Gasteiger partial charge >= 0.3 is 18.6 Å². The normalized spacial score (nSPS) is 10.8. The number of hydrogen-bond acceptors (Lipinski definition) is 6. The maximum atomic E-state index is 11.6. The van der Waals surface area contributed by atoms with Gasteiger partial charge < -0.3 is 15.7 Å². The maximum absolute atomic E-state index is 11.6. The number of fused-ring (bicyclic) bond motifs is 3. The fourth-order valence-electron chi connectivity index (χ4n) is 3.05. The zero-order valence-corrected chi connectivity index (χ0v) is 19.2. The first-order valence-electron chi connectivity index (χ1n) is 9.90. The van der Waals surface area contributed by atoms with Crippen molar-refractivity contribution in [1.82, 2.24) is 9.97 Å². The van der Waals surface area contributed by atoms with Crippen LogP contribution in [0.3, 0.4) is 0 Å². The van der Waals surface area contributed by atoms with Crippen molar-refractivity contribution in [2.45, 2.75) is 0 Å². The summed E-state index contributed by atoms with van der Waals surface area (Å²) in [5.41, 5.74) is 2.82. The molecule has 5 rings (SSSR count). The molecule has 0 aliphatic rings. The largest absolute Gasteiger partial charge is 4.00 e. The fourth-order valence-corrected chi connectivity index (χ4v) is 3.05. The molecule has 0 unspecified atom stereocenters. The molecule has 0 N–H and O–H groups in total. The SMILES string of the molecule is [O-2].[O-]/C(=N\N=C\c1ccccc1[O-])c1ccccc1.[V+4].c1cnc2c(c1)ccc1cccnc12. The van der Waals surface area contributed by atoms with E-state index >= 15 is 0 Å². The summed E-state index contributed by atoms with van der Waals surface area (Å²) in [4.78, 5) is 8.69. The molecule has 0 saturated heterocycles. The molecular formula is C26H18N4O3V. The Labute approximate surface area is 208 Å². The van der Waals surface area contributed by atoms with Crippen LogP contribution in [0.15, 0.2) is 114 Å². The van der Waals surface area contributed by atoms with Crippen LogP contribution >= 0.6 is 0 Å². The molecule has 0 spiro atoms. The monoisotopic (exact) mass is 485 g/mol. The van der Waals surface area contributed by atoms with Gasteiger partial charge in [-0.3, -0.25) is 9.97 Å². The van der Waals surface area contributed by atoms with Crippen LogP contribution in [-0.4, -0.2) is 22.1 Å². The Morgan fingerprint density at radius 1 is 0.706 bits per heavy atom. The van der Waals surface area contributed by atoms with Gasteiger partial charge in [0.2, 0.25) is 0 Å². The van der Waals surface area contributed by atoms with Crippen LogP contribution in [0.1, 0.15) is 11.1 Å². The van der Waals surface area contributed by atoms with Crippen molar-refractivity contribution in [3.8, 4) is 5.75 Å². The van der Waals surface area contributed by atoms with Gasteiger partial charge in [0.25, 0.3) is 0 Å². The predicted octanol–water partition coefficient (Wildman–Crippen LogP) is 3.56. The van der Waals surface area contributed by atoms with Gasteiger partial charge in [-0.2, -0.15) is 10.2 Å². The molecule has 2 aromatic heterocycles. The van der Waals surface area contributed by atoms with Crippen LogP contribution < -0.4 is 10.2 Å². The molecule has 3 aromatic carbocycles. The minimum Gasteiger partial charge on any atom is -2.00 e. The topological polar surface area (TPSA) is 125 Å². The Morgan fingerprint density at radius 2 is 1.26 bits per heavy atom. The van der Waals surface area contributed by atoms with E-state index in [4.69, 9.17) is 0 Å². The zero-order valence-electron chi connectivity index (χ0n) is 17.9. The van der Waals surface area contributed by atoms with Crippen LogP contribution in [0.25, 0.3) is 21.8 Å². The average Bonchev–Trinajstić information content (AvgIpc) is 2.86. The number of nitrogens with zero attached hydrogens (tertiary/aromatic N) is 4. The number of pyridine rings is 2. The summed E-state index contributed by atoms with van der Waals surface area (Å²) < 4.78 is 0. The molecule has 0 atom stereocenters. The van der Waals surface area contributed by atoms with Crippen molar-refractivity contribution in [3.63, 3.8) is 0 Å². The van der Waals surface area contributed by atoms with Crippen molar-refractivity contribution in [2.75, 3.05) is 0 Å². The Kier molecular flexibility index (Phi) is 9.92. The van der Waals surface area contributed by atoms with Gasteiger partial charge in [0.1, 0.15) is 0 Å². The summed E-state index contributed by atoms with van der Waals surface area (Å²) in [5, 5.41) is 32.3. The Hall–Kier alpha value is -4.04. The van der Waals surface area contributed by atoms with E-state index in [1.54, 1.807) is 54.9 Å². The van der Waals surface area contributed by atoms with Gasteiger partial charge in [-0.25, -0.2) is 0 Å². The molecular weight excluding hydrogens is 467 g/mol. The van der Waals surface area contributed by atoms with Crippen LogP contribution in [0.4, 0.5) is 0 Å². The second-order valence-corrected chi connectivity index (χ2v) is 6.77. The quantitative estimate of drug-likeness (QED) is 0.168. The molecule has 5 aromatic rings. The molecule has 0 aliphatic carbocycles. The molecule has 165 valence electrons. The van der Waals surface area contributed by atoms with Gasteiger partial charge in [0.15, 0.2) is 0 Å². The number of hydrogen-bond donors (Lipinski definition) is 0. The van der Waals surface area contributed by atoms with Crippen LogP contribution in [0.5, 0.6) is 5.75 Å². The minimum absolute atomic E-state index is 0. The molecule has 1 radical (unpaired) electrons. The molecule has 34 heavy (non-hydrogen) atoms. The van der Waals surface area contributed by atoms with Crippen molar-refractivity contribution < 1.29 is 34.2 Å². The van der Waals surface area contributed by atoms with E-state index in [9.17, 15) is 10.2 Å². The smallest absolute Gasteiger partial charge is 2.00 e. The van der Waals surface area contributed by atoms with Gasteiger partial charge in [-0.1, -0.05) is 84.6 Å². The Balaban J connectivity index is 0.000000232. The summed E-state index contributed by atoms with van der Waals surface area (Å²) in [6.07, 6.45) is 4.88. The zero-order chi connectivity index (χ0) is 22.2. The third-order valence-electron chi connectivity index (χ3n) is 4.63. The summed E-state index contributed by atoms with van der Waals surface area (Å²) in [7, 11) is 0. The van der Waals surface area contributed by atoms with Crippen LogP contribution in [0, 0.1) is 0 Å².